The van der Waals surface area contributed by atoms with Gasteiger partial charge in [-0.1, -0.05) is 0 Å². The quantitative estimate of drug-likeness (QED) is 0.640. The van der Waals surface area contributed by atoms with Gasteiger partial charge in [-0.15, -0.1) is 0 Å². The highest BCUT2D eigenvalue weighted by Crippen LogP contribution is 2.45. The number of aliphatic hydroxyl groups is 2. The van der Waals surface area contributed by atoms with E-state index in [2.05, 4.69) is 0 Å². The Kier molecular flexibility index (Phi) is 3.37. The van der Waals surface area contributed by atoms with E-state index in [4.69, 9.17) is 24.1 Å². The van der Waals surface area contributed by atoms with Gasteiger partial charge >= 0.3 is 5.97 Å². The van der Waals surface area contributed by atoms with Gasteiger partial charge in [0, 0.05) is 6.92 Å². The van der Waals surface area contributed by atoms with Crippen molar-refractivity contribution in [1.29, 1.82) is 0 Å². The molecule has 7 heteroatoms. The molecule has 2 fully saturated rings. The number of carbonyl (C=O) groups excluding carboxylic acids is 1. The van der Waals surface area contributed by atoms with Crippen molar-refractivity contribution in [1.82, 2.24) is 0 Å². The van der Waals surface area contributed by atoms with Crippen LogP contribution in [-0.4, -0.2) is 59.3 Å². The fraction of sp³-hybridized carbons (Fsp3) is 0.909. The highest BCUT2D eigenvalue weighted by atomic mass is 16.9. The molecule has 0 saturated carbocycles. The van der Waals surface area contributed by atoms with Crippen molar-refractivity contribution in [2.24, 2.45) is 0 Å². The van der Waals surface area contributed by atoms with E-state index < -0.39 is 35.9 Å². The second kappa shape index (κ2) is 4.43. The summed E-state index contributed by atoms with van der Waals surface area (Å²) in [7, 11) is 0. The highest BCUT2D eigenvalue weighted by molar-refractivity contribution is 5.65. The molecule has 0 spiro atoms. The third-order valence-electron chi connectivity index (χ3n) is 2.96. The van der Waals surface area contributed by atoms with Gasteiger partial charge in [-0.3, -0.25) is 4.79 Å². The normalized spacial score (nSPS) is 41.7. The van der Waals surface area contributed by atoms with Crippen LogP contribution in [-0.2, 0) is 23.7 Å². The smallest absolute Gasteiger partial charge is 0.302 e. The van der Waals surface area contributed by atoms with E-state index in [0.29, 0.717) is 0 Å². The second-order valence-corrected chi connectivity index (χ2v) is 4.96. The first-order valence-electron chi connectivity index (χ1n) is 5.78. The van der Waals surface area contributed by atoms with Gasteiger partial charge in [-0.2, -0.15) is 0 Å². The number of aliphatic hydroxyl groups excluding tert-OH is 2. The molecule has 104 valence electrons. The number of rotatable bonds is 3. The molecule has 2 saturated heterocycles. The summed E-state index contributed by atoms with van der Waals surface area (Å²) in [5.74, 6) is -2.80. The first-order valence-corrected chi connectivity index (χ1v) is 5.78. The predicted octanol–water partition coefficient (Wildman–Crippen LogP) is -0.851. The molecule has 0 aliphatic carbocycles. The SMILES string of the molecule is CC(=O)OC[C@@]12O[C@@H](CO)[C@@H](O)[C@@H]1OC(C)(C)O2. The van der Waals surface area contributed by atoms with Gasteiger partial charge in [0.25, 0.3) is 0 Å². The molecule has 7 nitrogen and oxygen atoms in total. The monoisotopic (exact) mass is 262 g/mol. The average molecular weight is 262 g/mol. The fourth-order valence-electron chi connectivity index (χ4n) is 2.33. The predicted molar refractivity (Wildman–Crippen MR) is 57.4 cm³/mol. The summed E-state index contributed by atoms with van der Waals surface area (Å²) in [5, 5.41) is 19.1. The Labute approximate surface area is 105 Å². The zero-order valence-electron chi connectivity index (χ0n) is 10.6. The lowest BCUT2D eigenvalue weighted by Crippen LogP contribution is -2.45. The minimum Gasteiger partial charge on any atom is -0.460 e. The number of fused-ring (bicyclic) bond motifs is 1. The van der Waals surface area contributed by atoms with Crippen molar-refractivity contribution < 1.29 is 34.0 Å². The average Bonchev–Trinajstić information content (AvgIpc) is 2.67. The van der Waals surface area contributed by atoms with Gasteiger partial charge in [-0.05, 0) is 13.8 Å². The van der Waals surface area contributed by atoms with E-state index >= 15 is 0 Å². The standard InChI is InChI=1S/C11H18O7/c1-6(13)15-5-11-9(17-10(2,3)18-11)8(14)7(4-12)16-11/h7-9,12,14H,4-5H2,1-3H3/t7-,8+,9-,11-/m0/s1. The minimum atomic E-state index is -1.36. The molecular formula is C11H18O7. The lowest BCUT2D eigenvalue weighted by Gasteiger charge is -2.27. The molecule has 4 atom stereocenters. The van der Waals surface area contributed by atoms with Crippen LogP contribution in [0.25, 0.3) is 0 Å². The molecule has 2 N–H and O–H groups in total. The Bertz CT molecular complexity index is 342. The molecule has 0 aromatic rings. The number of esters is 1. The molecule has 2 aliphatic heterocycles. The van der Waals surface area contributed by atoms with Crippen molar-refractivity contribution in [3.63, 3.8) is 0 Å². The Morgan fingerprint density at radius 2 is 2.06 bits per heavy atom. The van der Waals surface area contributed by atoms with Crippen molar-refractivity contribution in [2.75, 3.05) is 13.2 Å². The van der Waals surface area contributed by atoms with E-state index in [0.717, 1.165) is 0 Å². The second-order valence-electron chi connectivity index (χ2n) is 4.96. The number of hydrogen-bond acceptors (Lipinski definition) is 7. The molecule has 0 bridgehead atoms. The third kappa shape index (κ3) is 2.24. The molecule has 0 amide bonds. The van der Waals surface area contributed by atoms with Crippen LogP contribution in [0.1, 0.15) is 20.8 Å². The summed E-state index contributed by atoms with van der Waals surface area (Å²) >= 11 is 0. The van der Waals surface area contributed by atoms with Crippen LogP contribution in [0.2, 0.25) is 0 Å². The van der Waals surface area contributed by atoms with Gasteiger partial charge in [0.2, 0.25) is 5.79 Å². The van der Waals surface area contributed by atoms with Crippen LogP contribution in [0.15, 0.2) is 0 Å². The van der Waals surface area contributed by atoms with Gasteiger partial charge in [0.1, 0.15) is 24.9 Å². The van der Waals surface area contributed by atoms with Gasteiger partial charge in [0.05, 0.1) is 6.61 Å². The van der Waals surface area contributed by atoms with Crippen molar-refractivity contribution in [3.8, 4) is 0 Å². The number of carbonyl (C=O) groups is 1. The van der Waals surface area contributed by atoms with Crippen LogP contribution in [0.3, 0.4) is 0 Å². The number of hydrogen-bond donors (Lipinski definition) is 2. The maximum absolute atomic E-state index is 10.9. The molecule has 0 radical (unpaired) electrons. The fourth-order valence-corrected chi connectivity index (χ4v) is 2.33. The summed E-state index contributed by atoms with van der Waals surface area (Å²) in [5.41, 5.74) is 0. The zero-order chi connectivity index (χ0) is 13.6. The molecule has 0 unspecified atom stereocenters. The molecule has 2 rings (SSSR count). The van der Waals surface area contributed by atoms with E-state index in [-0.39, 0.29) is 13.2 Å². The maximum Gasteiger partial charge on any atom is 0.302 e. The molecule has 18 heavy (non-hydrogen) atoms. The first-order chi connectivity index (χ1) is 8.30. The maximum atomic E-state index is 10.9. The Balaban J connectivity index is 2.19. The van der Waals surface area contributed by atoms with Gasteiger partial charge in [-0.25, -0.2) is 0 Å². The summed E-state index contributed by atoms with van der Waals surface area (Å²) in [6.45, 7) is 4.05. The van der Waals surface area contributed by atoms with E-state index in [9.17, 15) is 9.90 Å². The molecular weight excluding hydrogens is 244 g/mol. The molecule has 0 aromatic heterocycles. The summed E-state index contributed by atoms with van der Waals surface area (Å²) in [6, 6.07) is 0. The van der Waals surface area contributed by atoms with Crippen molar-refractivity contribution in [3.05, 3.63) is 0 Å². The summed E-state index contributed by atoms with van der Waals surface area (Å²) < 4.78 is 21.6. The lowest BCUT2D eigenvalue weighted by atomic mass is 10.1. The van der Waals surface area contributed by atoms with E-state index in [1.54, 1.807) is 13.8 Å². The van der Waals surface area contributed by atoms with E-state index in [1.165, 1.54) is 6.92 Å². The van der Waals surface area contributed by atoms with Crippen LogP contribution < -0.4 is 0 Å². The lowest BCUT2D eigenvalue weighted by molar-refractivity contribution is -0.278. The molecule has 0 aromatic carbocycles. The van der Waals surface area contributed by atoms with Crippen molar-refractivity contribution >= 4 is 5.97 Å². The van der Waals surface area contributed by atoms with Crippen LogP contribution in [0.4, 0.5) is 0 Å². The van der Waals surface area contributed by atoms with Gasteiger partial charge < -0.3 is 29.2 Å². The largest absolute Gasteiger partial charge is 0.460 e. The Morgan fingerprint density at radius 3 is 2.61 bits per heavy atom. The summed E-state index contributed by atoms with van der Waals surface area (Å²) in [4.78, 5) is 10.9. The Hall–Kier alpha value is -0.730. The summed E-state index contributed by atoms with van der Waals surface area (Å²) in [6.07, 6.45) is -2.65. The third-order valence-corrected chi connectivity index (χ3v) is 2.96. The molecule has 2 aliphatic rings. The van der Waals surface area contributed by atoms with Gasteiger partial charge in [0.15, 0.2) is 5.79 Å². The van der Waals surface area contributed by atoms with Crippen LogP contribution in [0, 0.1) is 0 Å². The first kappa shape index (κ1) is 13.7. The van der Waals surface area contributed by atoms with Crippen LogP contribution in [0.5, 0.6) is 0 Å². The minimum absolute atomic E-state index is 0.190. The van der Waals surface area contributed by atoms with Crippen molar-refractivity contribution in [2.45, 2.75) is 50.7 Å². The highest BCUT2D eigenvalue weighted by Gasteiger charge is 2.65. The zero-order valence-corrected chi connectivity index (χ0v) is 10.6. The number of ether oxygens (including phenoxy) is 4. The Morgan fingerprint density at radius 1 is 1.39 bits per heavy atom. The molecule has 2 heterocycles. The van der Waals surface area contributed by atoms with E-state index in [1.807, 2.05) is 0 Å². The van der Waals surface area contributed by atoms with Crippen LogP contribution >= 0.6 is 0 Å². The topological polar surface area (TPSA) is 94.5 Å².